The van der Waals surface area contributed by atoms with Crippen molar-refractivity contribution in [1.82, 2.24) is 9.88 Å². The van der Waals surface area contributed by atoms with Crippen molar-refractivity contribution in [2.24, 2.45) is 0 Å². The second-order valence-corrected chi connectivity index (χ2v) is 6.83. The minimum atomic E-state index is -0.0775. The molecule has 1 aliphatic heterocycles. The Morgan fingerprint density at radius 3 is 2.64 bits per heavy atom. The highest BCUT2D eigenvalue weighted by atomic mass is 16.3. The first-order chi connectivity index (χ1) is 12.1. The van der Waals surface area contributed by atoms with Crippen molar-refractivity contribution < 1.29 is 9.90 Å². The maximum Gasteiger partial charge on any atom is 0.257 e. The predicted molar refractivity (Wildman–Crippen MR) is 99.0 cm³/mol. The number of H-pyrrole nitrogens is 1. The smallest absolute Gasteiger partial charge is 0.257 e. The fourth-order valence-corrected chi connectivity index (χ4v) is 3.88. The van der Waals surface area contributed by atoms with Crippen LogP contribution in [0.25, 0.3) is 10.9 Å². The molecular formula is C21H22N2O2. The van der Waals surface area contributed by atoms with Crippen molar-refractivity contribution in [2.45, 2.75) is 25.7 Å². The fourth-order valence-electron chi connectivity index (χ4n) is 3.88. The van der Waals surface area contributed by atoms with E-state index < -0.39 is 0 Å². The second-order valence-electron chi connectivity index (χ2n) is 6.83. The number of hydrogen-bond donors (Lipinski definition) is 2. The van der Waals surface area contributed by atoms with Crippen LogP contribution in [0.2, 0.25) is 0 Å². The molecule has 2 heterocycles. The Labute approximate surface area is 147 Å². The summed E-state index contributed by atoms with van der Waals surface area (Å²) in [7, 11) is 0. The number of carbonyl (C=O) groups excluding carboxylic acids is 1. The van der Waals surface area contributed by atoms with E-state index in [-0.39, 0.29) is 11.7 Å². The lowest BCUT2D eigenvalue weighted by molar-refractivity contribution is 0.0710. The summed E-state index contributed by atoms with van der Waals surface area (Å²) < 4.78 is 0. The van der Waals surface area contributed by atoms with Crippen LogP contribution in [0.5, 0.6) is 5.75 Å². The molecule has 0 unspecified atom stereocenters. The Hall–Kier alpha value is -2.75. The molecule has 0 saturated carbocycles. The van der Waals surface area contributed by atoms with Gasteiger partial charge in [0.2, 0.25) is 0 Å². The van der Waals surface area contributed by atoms with Crippen LogP contribution < -0.4 is 0 Å². The predicted octanol–water partition coefficient (Wildman–Crippen LogP) is 4.20. The number of aromatic nitrogens is 1. The number of fused-ring (bicyclic) bond motifs is 1. The first-order valence-corrected chi connectivity index (χ1v) is 8.79. The molecule has 0 atom stereocenters. The van der Waals surface area contributed by atoms with E-state index in [4.69, 9.17) is 0 Å². The summed E-state index contributed by atoms with van der Waals surface area (Å²) in [6, 6.07) is 13.2. The molecule has 1 aliphatic rings. The third kappa shape index (κ3) is 2.78. The number of nitrogens with one attached hydrogen (secondary N) is 1. The van der Waals surface area contributed by atoms with Crippen LogP contribution in [0.3, 0.4) is 0 Å². The van der Waals surface area contributed by atoms with E-state index in [1.165, 1.54) is 22.0 Å². The molecule has 1 saturated heterocycles. The number of benzene rings is 2. The second kappa shape index (κ2) is 6.28. The third-order valence-electron chi connectivity index (χ3n) is 5.31. The summed E-state index contributed by atoms with van der Waals surface area (Å²) in [6.45, 7) is 3.56. The van der Waals surface area contributed by atoms with Crippen LogP contribution in [-0.4, -0.2) is 34.0 Å². The highest BCUT2D eigenvalue weighted by Crippen LogP contribution is 2.34. The summed E-state index contributed by atoms with van der Waals surface area (Å²) in [5.41, 5.74) is 4.22. The van der Waals surface area contributed by atoms with Gasteiger partial charge in [-0.25, -0.2) is 0 Å². The van der Waals surface area contributed by atoms with Crippen molar-refractivity contribution in [3.63, 3.8) is 0 Å². The number of nitrogens with zero attached hydrogens (tertiary/aromatic N) is 1. The number of aromatic amines is 1. The molecule has 128 valence electrons. The Bertz CT molecular complexity index is 921. The maximum atomic E-state index is 12.6. The zero-order valence-electron chi connectivity index (χ0n) is 14.3. The van der Waals surface area contributed by atoms with Crippen LogP contribution in [0.15, 0.2) is 48.7 Å². The van der Waals surface area contributed by atoms with Gasteiger partial charge < -0.3 is 15.0 Å². The highest BCUT2D eigenvalue weighted by Gasteiger charge is 2.27. The molecule has 1 fully saturated rings. The number of rotatable bonds is 2. The molecule has 3 aromatic rings. The topological polar surface area (TPSA) is 56.3 Å². The summed E-state index contributed by atoms with van der Waals surface area (Å²) in [4.78, 5) is 17.9. The summed E-state index contributed by atoms with van der Waals surface area (Å²) in [5, 5.41) is 11.2. The minimum absolute atomic E-state index is 0.0572. The number of piperidine rings is 1. The summed E-state index contributed by atoms with van der Waals surface area (Å²) in [6.07, 6.45) is 4.02. The number of aryl methyl sites for hydroxylation is 1. The normalized spacial score (nSPS) is 15.6. The Morgan fingerprint density at radius 1 is 1.12 bits per heavy atom. The van der Waals surface area contributed by atoms with Crippen LogP contribution in [0.4, 0.5) is 0 Å². The van der Waals surface area contributed by atoms with E-state index in [0.717, 1.165) is 25.9 Å². The van der Waals surface area contributed by atoms with Crippen molar-refractivity contribution >= 4 is 16.8 Å². The maximum absolute atomic E-state index is 12.6. The summed E-state index contributed by atoms with van der Waals surface area (Å²) in [5.74, 6) is 0.442. The molecule has 2 N–H and O–H groups in total. The monoisotopic (exact) mass is 334 g/mol. The number of para-hydroxylation sites is 2. The number of phenols is 1. The first-order valence-electron chi connectivity index (χ1n) is 8.79. The van der Waals surface area contributed by atoms with Gasteiger partial charge in [-0.3, -0.25) is 4.79 Å². The molecule has 0 bridgehead atoms. The van der Waals surface area contributed by atoms with Gasteiger partial charge in [0.1, 0.15) is 5.75 Å². The molecular weight excluding hydrogens is 312 g/mol. The molecule has 2 aromatic carbocycles. The molecule has 0 radical (unpaired) electrons. The Kier molecular flexibility index (Phi) is 3.96. The fraction of sp³-hybridized carbons (Fsp3) is 0.286. The van der Waals surface area contributed by atoms with Crippen LogP contribution in [0.1, 0.15) is 40.2 Å². The van der Waals surface area contributed by atoms with Gasteiger partial charge >= 0.3 is 0 Å². The minimum Gasteiger partial charge on any atom is -0.507 e. The zero-order valence-corrected chi connectivity index (χ0v) is 14.3. The molecule has 4 heteroatoms. The Balaban J connectivity index is 1.51. The number of likely N-dealkylation sites (tertiary alicyclic amines) is 1. The molecule has 25 heavy (non-hydrogen) atoms. The standard InChI is InChI=1S/C21H22N2O2/c1-14-5-4-7-16-18(13-22-20(14)16)15-9-11-23(12-10-15)21(25)17-6-2-3-8-19(17)24/h2-8,13,15,22,24H,9-12H2,1H3. The van der Waals surface area contributed by atoms with E-state index in [1.54, 1.807) is 24.3 Å². The number of amides is 1. The SMILES string of the molecule is Cc1cccc2c(C3CCN(C(=O)c4ccccc4O)CC3)c[nH]c12. The van der Waals surface area contributed by atoms with Gasteiger partial charge in [0.05, 0.1) is 5.56 Å². The zero-order chi connectivity index (χ0) is 17.4. The largest absolute Gasteiger partial charge is 0.507 e. The average Bonchev–Trinajstić information content (AvgIpc) is 3.07. The Morgan fingerprint density at radius 2 is 1.88 bits per heavy atom. The van der Waals surface area contributed by atoms with E-state index in [2.05, 4.69) is 36.3 Å². The van der Waals surface area contributed by atoms with E-state index in [1.807, 2.05) is 4.90 Å². The molecule has 4 nitrogen and oxygen atoms in total. The van der Waals surface area contributed by atoms with Gasteiger partial charge in [-0.1, -0.05) is 30.3 Å². The first kappa shape index (κ1) is 15.8. The lowest BCUT2D eigenvalue weighted by Gasteiger charge is -2.32. The van der Waals surface area contributed by atoms with E-state index in [0.29, 0.717) is 11.5 Å². The van der Waals surface area contributed by atoms with Gasteiger partial charge in [-0.15, -0.1) is 0 Å². The number of hydrogen-bond acceptors (Lipinski definition) is 2. The highest BCUT2D eigenvalue weighted by molar-refractivity contribution is 5.96. The quantitative estimate of drug-likeness (QED) is 0.738. The van der Waals surface area contributed by atoms with Crippen molar-refractivity contribution in [2.75, 3.05) is 13.1 Å². The third-order valence-corrected chi connectivity index (χ3v) is 5.31. The van der Waals surface area contributed by atoms with Gasteiger partial charge in [-0.2, -0.15) is 0 Å². The van der Waals surface area contributed by atoms with E-state index in [9.17, 15) is 9.90 Å². The molecule has 0 aliphatic carbocycles. The van der Waals surface area contributed by atoms with Crippen LogP contribution in [-0.2, 0) is 0 Å². The summed E-state index contributed by atoms with van der Waals surface area (Å²) >= 11 is 0. The molecule has 4 rings (SSSR count). The van der Waals surface area contributed by atoms with Crippen molar-refractivity contribution in [3.8, 4) is 5.75 Å². The number of phenolic OH excluding ortho intramolecular Hbond substituents is 1. The molecule has 1 aromatic heterocycles. The average molecular weight is 334 g/mol. The molecule has 1 amide bonds. The van der Waals surface area contributed by atoms with Gasteiger partial charge in [0.25, 0.3) is 5.91 Å². The van der Waals surface area contributed by atoms with Crippen molar-refractivity contribution in [1.29, 1.82) is 0 Å². The van der Waals surface area contributed by atoms with Gasteiger partial charge in [0, 0.05) is 30.2 Å². The van der Waals surface area contributed by atoms with E-state index >= 15 is 0 Å². The van der Waals surface area contributed by atoms with Crippen molar-refractivity contribution in [3.05, 3.63) is 65.4 Å². The van der Waals surface area contributed by atoms with Gasteiger partial charge in [-0.05, 0) is 48.9 Å². The lowest BCUT2D eigenvalue weighted by Crippen LogP contribution is -2.37. The van der Waals surface area contributed by atoms with Crippen LogP contribution in [0, 0.1) is 6.92 Å². The number of aromatic hydroxyl groups is 1. The van der Waals surface area contributed by atoms with Gasteiger partial charge in [0.15, 0.2) is 0 Å². The number of carbonyl (C=O) groups is 1. The molecule has 0 spiro atoms. The lowest BCUT2D eigenvalue weighted by atomic mass is 9.88. The van der Waals surface area contributed by atoms with Crippen LogP contribution >= 0.6 is 0 Å².